The van der Waals surface area contributed by atoms with Crippen molar-refractivity contribution < 1.29 is 9.59 Å². The van der Waals surface area contributed by atoms with E-state index >= 15 is 0 Å². The maximum Gasteiger partial charge on any atom is 0.264 e. The molecule has 0 atom stereocenters. The Balaban J connectivity index is 1.31. The maximum absolute atomic E-state index is 13.2. The van der Waals surface area contributed by atoms with E-state index in [1.807, 2.05) is 28.7 Å². The fourth-order valence-electron chi connectivity index (χ4n) is 4.31. The summed E-state index contributed by atoms with van der Waals surface area (Å²) >= 11 is 2.83. The van der Waals surface area contributed by atoms with Gasteiger partial charge in [0.05, 0.1) is 10.3 Å². The molecule has 30 heavy (non-hydrogen) atoms. The molecule has 0 aliphatic carbocycles. The van der Waals surface area contributed by atoms with E-state index in [0.717, 1.165) is 37.1 Å². The van der Waals surface area contributed by atoms with Gasteiger partial charge in [0, 0.05) is 43.0 Å². The largest absolute Gasteiger partial charge is 0.349 e. The maximum atomic E-state index is 13.2. The van der Waals surface area contributed by atoms with Crippen molar-refractivity contribution in [3.05, 3.63) is 49.0 Å². The third-order valence-corrected chi connectivity index (χ3v) is 7.86. The molecule has 1 fully saturated rings. The van der Waals surface area contributed by atoms with Gasteiger partial charge in [-0.1, -0.05) is 0 Å². The van der Waals surface area contributed by atoms with Crippen LogP contribution in [0.15, 0.2) is 21.6 Å². The van der Waals surface area contributed by atoms with E-state index in [-0.39, 0.29) is 23.4 Å². The highest BCUT2D eigenvalue weighted by Crippen LogP contribution is 2.30. The molecule has 156 valence electrons. The zero-order valence-corrected chi connectivity index (χ0v) is 18.3. The number of aryl methyl sites for hydroxylation is 2. The molecule has 7 nitrogen and oxygen atoms in total. The van der Waals surface area contributed by atoms with Crippen LogP contribution >= 0.6 is 22.7 Å². The average molecular weight is 443 g/mol. The lowest BCUT2D eigenvalue weighted by Gasteiger charge is -2.32. The van der Waals surface area contributed by atoms with Gasteiger partial charge in [0.15, 0.2) is 0 Å². The van der Waals surface area contributed by atoms with Crippen LogP contribution in [0.5, 0.6) is 0 Å². The summed E-state index contributed by atoms with van der Waals surface area (Å²) in [7, 11) is 0. The van der Waals surface area contributed by atoms with Crippen LogP contribution in [0.4, 0.5) is 0 Å². The number of piperidine rings is 1. The molecule has 2 aliphatic rings. The third-order valence-electron chi connectivity index (χ3n) is 6.01. The lowest BCUT2D eigenvalue weighted by Crippen LogP contribution is -2.46. The summed E-state index contributed by atoms with van der Waals surface area (Å²) < 4.78 is 1.75. The SMILES string of the molecule is Cc1c(C(=O)N2CCC(NC(=O)c3ccsc3)CC2)sc2nc3n(c(=O)c12)CCC3. The lowest BCUT2D eigenvalue weighted by molar-refractivity contribution is 0.0702. The van der Waals surface area contributed by atoms with Crippen molar-refractivity contribution in [3.63, 3.8) is 0 Å². The summed E-state index contributed by atoms with van der Waals surface area (Å²) in [5.41, 5.74) is 1.41. The van der Waals surface area contributed by atoms with Crippen molar-refractivity contribution in [2.45, 2.75) is 45.2 Å². The van der Waals surface area contributed by atoms with E-state index in [1.54, 1.807) is 4.57 Å². The minimum absolute atomic E-state index is 0.0184. The van der Waals surface area contributed by atoms with Gasteiger partial charge in [0.2, 0.25) is 0 Å². The van der Waals surface area contributed by atoms with Crippen molar-refractivity contribution in [1.29, 1.82) is 0 Å². The molecule has 1 N–H and O–H groups in total. The van der Waals surface area contributed by atoms with Crippen LogP contribution in [0.25, 0.3) is 10.2 Å². The van der Waals surface area contributed by atoms with Crippen LogP contribution in [0.1, 0.15) is 50.7 Å². The second-order valence-electron chi connectivity index (χ2n) is 7.88. The minimum atomic E-state index is -0.0547. The van der Waals surface area contributed by atoms with Crippen molar-refractivity contribution >= 4 is 44.7 Å². The molecule has 2 aliphatic heterocycles. The molecule has 0 saturated carbocycles. The topological polar surface area (TPSA) is 84.3 Å². The minimum Gasteiger partial charge on any atom is -0.349 e. The number of amides is 2. The molecular formula is C21H22N4O3S2. The van der Waals surface area contributed by atoms with E-state index in [4.69, 9.17) is 0 Å². The second kappa shape index (κ2) is 7.63. The zero-order valence-electron chi connectivity index (χ0n) is 16.6. The Bertz CT molecular complexity index is 1190. The molecule has 2 amide bonds. The smallest absolute Gasteiger partial charge is 0.264 e. The number of carbonyl (C=O) groups excluding carboxylic acids is 2. The van der Waals surface area contributed by atoms with Gasteiger partial charge in [-0.2, -0.15) is 11.3 Å². The normalized spacial score (nSPS) is 16.8. The molecule has 0 spiro atoms. The Morgan fingerprint density at radius 2 is 2.03 bits per heavy atom. The van der Waals surface area contributed by atoms with E-state index in [1.165, 1.54) is 22.7 Å². The first kappa shape index (κ1) is 19.4. The van der Waals surface area contributed by atoms with Gasteiger partial charge >= 0.3 is 0 Å². The molecule has 0 unspecified atom stereocenters. The summed E-state index contributed by atoms with van der Waals surface area (Å²) in [6.45, 7) is 3.74. The Kier molecular flexibility index (Phi) is 4.94. The van der Waals surface area contributed by atoms with E-state index in [0.29, 0.717) is 40.3 Å². The first-order valence-electron chi connectivity index (χ1n) is 10.2. The molecule has 9 heteroatoms. The number of nitrogens with one attached hydrogen (secondary N) is 1. The molecule has 3 aromatic rings. The Morgan fingerprint density at radius 1 is 1.23 bits per heavy atom. The Morgan fingerprint density at radius 3 is 2.77 bits per heavy atom. The van der Waals surface area contributed by atoms with E-state index in [9.17, 15) is 14.4 Å². The zero-order chi connectivity index (χ0) is 20.8. The molecule has 1 saturated heterocycles. The fraction of sp³-hybridized carbons (Fsp3) is 0.429. The monoisotopic (exact) mass is 442 g/mol. The number of rotatable bonds is 3. The van der Waals surface area contributed by atoms with E-state index in [2.05, 4.69) is 10.3 Å². The van der Waals surface area contributed by atoms with Crippen LogP contribution in [-0.4, -0.2) is 45.4 Å². The van der Waals surface area contributed by atoms with Crippen molar-refractivity contribution in [1.82, 2.24) is 19.8 Å². The predicted octanol–water partition coefficient (Wildman–Crippen LogP) is 2.81. The molecule has 5 rings (SSSR count). The Hall–Kier alpha value is -2.52. The van der Waals surface area contributed by atoms with Gasteiger partial charge in [-0.05, 0) is 43.2 Å². The summed E-state index contributed by atoms with van der Waals surface area (Å²) in [6.07, 6.45) is 3.21. The van der Waals surface area contributed by atoms with Crippen LogP contribution < -0.4 is 10.9 Å². The van der Waals surface area contributed by atoms with Crippen molar-refractivity contribution in [2.24, 2.45) is 0 Å². The van der Waals surface area contributed by atoms with Crippen LogP contribution in [-0.2, 0) is 13.0 Å². The number of aromatic nitrogens is 2. The fourth-order valence-corrected chi connectivity index (χ4v) is 6.11. The highest BCUT2D eigenvalue weighted by atomic mass is 32.1. The number of fused-ring (bicyclic) bond motifs is 2. The molecule has 0 radical (unpaired) electrons. The summed E-state index contributed by atoms with van der Waals surface area (Å²) in [5.74, 6) is 0.735. The van der Waals surface area contributed by atoms with Gasteiger partial charge < -0.3 is 10.2 Å². The van der Waals surface area contributed by atoms with Gasteiger partial charge in [0.1, 0.15) is 10.7 Å². The highest BCUT2D eigenvalue weighted by Gasteiger charge is 2.29. The number of hydrogen-bond donors (Lipinski definition) is 1. The van der Waals surface area contributed by atoms with Crippen LogP contribution in [0.2, 0.25) is 0 Å². The molecular weight excluding hydrogens is 420 g/mol. The lowest BCUT2D eigenvalue weighted by atomic mass is 10.0. The average Bonchev–Trinajstić information content (AvgIpc) is 3.48. The highest BCUT2D eigenvalue weighted by molar-refractivity contribution is 7.20. The van der Waals surface area contributed by atoms with Gasteiger partial charge in [-0.3, -0.25) is 19.0 Å². The summed E-state index contributed by atoms with van der Waals surface area (Å²) in [6, 6.07) is 1.88. The first-order valence-corrected chi connectivity index (χ1v) is 11.9. The van der Waals surface area contributed by atoms with Gasteiger partial charge in [0.25, 0.3) is 17.4 Å². The number of nitrogens with zero attached hydrogens (tertiary/aromatic N) is 3. The quantitative estimate of drug-likeness (QED) is 0.676. The van der Waals surface area contributed by atoms with Crippen molar-refractivity contribution in [3.8, 4) is 0 Å². The Labute approximate surface area is 181 Å². The second-order valence-corrected chi connectivity index (χ2v) is 9.66. The summed E-state index contributed by atoms with van der Waals surface area (Å²) in [4.78, 5) is 46.1. The first-order chi connectivity index (χ1) is 14.5. The predicted molar refractivity (Wildman–Crippen MR) is 118 cm³/mol. The molecule has 3 aromatic heterocycles. The van der Waals surface area contributed by atoms with E-state index < -0.39 is 0 Å². The van der Waals surface area contributed by atoms with Gasteiger partial charge in [-0.15, -0.1) is 11.3 Å². The molecule has 5 heterocycles. The molecule has 0 bridgehead atoms. The number of thiophene rings is 2. The van der Waals surface area contributed by atoms with Crippen molar-refractivity contribution in [2.75, 3.05) is 13.1 Å². The number of hydrogen-bond acceptors (Lipinski definition) is 6. The van der Waals surface area contributed by atoms with Gasteiger partial charge in [-0.25, -0.2) is 4.98 Å². The third kappa shape index (κ3) is 3.26. The number of likely N-dealkylation sites (tertiary alicyclic amines) is 1. The molecule has 0 aromatic carbocycles. The van der Waals surface area contributed by atoms with Crippen LogP contribution in [0.3, 0.4) is 0 Å². The number of carbonyl (C=O) groups is 2. The standard InChI is InChI=1S/C21H22N4O3S2/c1-12-16-19(23-15-3-2-7-25(15)20(16)27)30-17(12)21(28)24-8-4-14(5-9-24)22-18(26)13-6-10-29-11-13/h6,10-11,14H,2-5,7-9H2,1H3,(H,22,26). The van der Waals surface area contributed by atoms with Crippen LogP contribution in [0, 0.1) is 6.92 Å². The summed E-state index contributed by atoms with van der Waals surface area (Å²) in [5, 5.41) is 7.38.